The van der Waals surface area contributed by atoms with Crippen LogP contribution < -0.4 is 5.32 Å². The fourth-order valence-corrected chi connectivity index (χ4v) is 3.84. The Morgan fingerprint density at radius 1 is 1.07 bits per heavy atom. The molecule has 2 aromatic carbocycles. The molecule has 0 atom stereocenters. The first-order valence-corrected chi connectivity index (χ1v) is 9.81. The highest BCUT2D eigenvalue weighted by atomic mass is 32.2. The molecule has 1 amide bonds. The summed E-state index contributed by atoms with van der Waals surface area (Å²) in [6, 6.07) is 12.8. The van der Waals surface area contributed by atoms with E-state index in [2.05, 4.69) is 5.32 Å². The predicted molar refractivity (Wildman–Crippen MR) is 105 cm³/mol. The van der Waals surface area contributed by atoms with Crippen molar-refractivity contribution in [2.45, 2.75) is 31.1 Å². The van der Waals surface area contributed by atoms with Gasteiger partial charge in [-0.15, -0.1) is 11.8 Å². The van der Waals surface area contributed by atoms with E-state index in [9.17, 15) is 14.4 Å². The van der Waals surface area contributed by atoms with Gasteiger partial charge in [0.25, 0.3) is 5.91 Å². The molecule has 1 N–H and O–H groups in total. The largest absolute Gasteiger partial charge is 0.452 e. The van der Waals surface area contributed by atoms with Crippen LogP contribution in [0.15, 0.2) is 47.4 Å². The van der Waals surface area contributed by atoms with Gasteiger partial charge in [0, 0.05) is 10.6 Å². The summed E-state index contributed by atoms with van der Waals surface area (Å²) in [4.78, 5) is 36.3. The number of hydrogen-bond donors (Lipinski definition) is 1. The van der Waals surface area contributed by atoms with Crippen LogP contribution in [0.5, 0.6) is 0 Å². The molecule has 0 fully saturated rings. The zero-order valence-electron chi connectivity index (χ0n) is 15.1. The fraction of sp³-hybridized carbons (Fsp3) is 0.286. The van der Waals surface area contributed by atoms with E-state index < -0.39 is 5.97 Å². The van der Waals surface area contributed by atoms with E-state index in [1.165, 1.54) is 29.8 Å². The second-order valence-electron chi connectivity index (χ2n) is 6.45. The molecule has 140 valence electrons. The number of nitrogens with one attached hydrogen (secondary N) is 1. The Bertz CT molecular complexity index is 878. The van der Waals surface area contributed by atoms with Crippen LogP contribution in [-0.4, -0.2) is 30.0 Å². The summed E-state index contributed by atoms with van der Waals surface area (Å²) >= 11 is 1.28. The number of benzene rings is 2. The average Bonchev–Trinajstić information content (AvgIpc) is 3.12. The normalized spacial score (nSPS) is 12.3. The topological polar surface area (TPSA) is 72.5 Å². The van der Waals surface area contributed by atoms with Crippen LogP contribution >= 0.6 is 11.8 Å². The second-order valence-corrected chi connectivity index (χ2v) is 7.47. The van der Waals surface area contributed by atoms with Crippen molar-refractivity contribution >= 4 is 35.1 Å². The van der Waals surface area contributed by atoms with Crippen LogP contribution in [0.4, 0.5) is 5.69 Å². The van der Waals surface area contributed by atoms with Crippen molar-refractivity contribution in [1.29, 1.82) is 0 Å². The zero-order valence-corrected chi connectivity index (χ0v) is 15.9. The molecule has 0 radical (unpaired) electrons. The Morgan fingerprint density at radius 2 is 1.85 bits per heavy atom. The Labute approximate surface area is 162 Å². The van der Waals surface area contributed by atoms with Crippen LogP contribution in [0, 0.1) is 0 Å². The maximum absolute atomic E-state index is 12.3. The molecule has 1 aliphatic rings. The smallest absolute Gasteiger partial charge is 0.339 e. The molecule has 2 aromatic rings. The van der Waals surface area contributed by atoms with Crippen LogP contribution in [0.25, 0.3) is 0 Å². The van der Waals surface area contributed by atoms with E-state index in [-0.39, 0.29) is 24.1 Å². The lowest BCUT2D eigenvalue weighted by Gasteiger charge is -2.10. The third-order valence-corrected chi connectivity index (χ3v) is 5.47. The molecule has 0 spiro atoms. The number of ether oxygens (including phenoxy) is 1. The van der Waals surface area contributed by atoms with Crippen molar-refractivity contribution in [2.24, 2.45) is 0 Å². The van der Waals surface area contributed by atoms with Gasteiger partial charge in [0.1, 0.15) is 5.78 Å². The first-order chi connectivity index (χ1) is 13.0. The van der Waals surface area contributed by atoms with Crippen molar-refractivity contribution in [3.05, 3.63) is 59.2 Å². The van der Waals surface area contributed by atoms with E-state index in [4.69, 9.17) is 4.74 Å². The minimum atomic E-state index is -0.578. The lowest BCUT2D eigenvalue weighted by Crippen LogP contribution is -2.21. The molecule has 0 bridgehead atoms. The average molecular weight is 383 g/mol. The molecule has 27 heavy (non-hydrogen) atoms. The lowest BCUT2D eigenvalue weighted by molar-refractivity contribution is -0.119. The molecule has 0 unspecified atom stereocenters. The maximum atomic E-state index is 12.3. The molecule has 0 saturated heterocycles. The van der Waals surface area contributed by atoms with Crippen molar-refractivity contribution in [3.8, 4) is 0 Å². The van der Waals surface area contributed by atoms with Gasteiger partial charge in [-0.1, -0.05) is 18.2 Å². The Balaban J connectivity index is 1.56. The highest BCUT2D eigenvalue weighted by Crippen LogP contribution is 2.25. The third-order valence-electron chi connectivity index (χ3n) is 4.25. The lowest BCUT2D eigenvalue weighted by atomic mass is 10.1. The molecular formula is C21H21NO4S. The standard InChI is InChI=1S/C21H21NO4S/c1-14(23)13-27-19-8-3-2-7-18(19)21(25)26-12-20(24)22-17-10-9-15-5-4-6-16(15)11-17/h2-3,7-11H,4-6,12-13H2,1H3,(H,22,24). The number of ketones is 1. The van der Waals surface area contributed by atoms with Crippen LogP contribution in [0.1, 0.15) is 34.8 Å². The van der Waals surface area contributed by atoms with Gasteiger partial charge in [-0.25, -0.2) is 4.79 Å². The van der Waals surface area contributed by atoms with Gasteiger partial charge in [0.15, 0.2) is 6.61 Å². The van der Waals surface area contributed by atoms with Crippen molar-refractivity contribution in [1.82, 2.24) is 0 Å². The number of Topliss-reactive ketones (excluding diaryl/α,β-unsaturated/α-hetero) is 1. The summed E-state index contributed by atoms with van der Waals surface area (Å²) in [5.41, 5.74) is 3.67. The number of anilines is 1. The summed E-state index contributed by atoms with van der Waals surface area (Å²) in [5, 5.41) is 2.77. The van der Waals surface area contributed by atoms with E-state index in [1.54, 1.807) is 24.3 Å². The number of carbonyl (C=O) groups is 3. The van der Waals surface area contributed by atoms with Crippen molar-refractivity contribution in [2.75, 3.05) is 17.7 Å². The number of hydrogen-bond acceptors (Lipinski definition) is 5. The minimum absolute atomic E-state index is 0.0249. The molecule has 0 aromatic heterocycles. The Morgan fingerprint density at radius 3 is 2.67 bits per heavy atom. The van der Waals surface area contributed by atoms with Gasteiger partial charge in [-0.2, -0.15) is 0 Å². The number of thioether (sulfide) groups is 1. The number of esters is 1. The highest BCUT2D eigenvalue weighted by molar-refractivity contribution is 8.00. The van der Waals surface area contributed by atoms with Gasteiger partial charge in [-0.3, -0.25) is 9.59 Å². The van der Waals surface area contributed by atoms with E-state index in [0.29, 0.717) is 16.1 Å². The summed E-state index contributed by atoms with van der Waals surface area (Å²) in [6.45, 7) is 1.14. The molecule has 0 heterocycles. The molecule has 3 rings (SSSR count). The quantitative estimate of drug-likeness (QED) is 0.584. The molecule has 6 heteroatoms. The second kappa shape index (κ2) is 8.86. The Kier molecular flexibility index (Phi) is 6.29. The minimum Gasteiger partial charge on any atom is -0.452 e. The number of fused-ring (bicyclic) bond motifs is 1. The third kappa shape index (κ3) is 5.20. The number of amides is 1. The van der Waals surface area contributed by atoms with Gasteiger partial charge in [0.2, 0.25) is 0 Å². The maximum Gasteiger partial charge on any atom is 0.339 e. The number of aryl methyl sites for hydroxylation is 2. The molecule has 1 aliphatic carbocycles. The fourth-order valence-electron chi connectivity index (χ4n) is 3.00. The predicted octanol–water partition coefficient (Wildman–Crippen LogP) is 3.65. The summed E-state index contributed by atoms with van der Waals surface area (Å²) in [6.07, 6.45) is 3.26. The molecular weight excluding hydrogens is 362 g/mol. The van der Waals surface area contributed by atoms with Crippen molar-refractivity contribution in [3.63, 3.8) is 0 Å². The Hall–Kier alpha value is -2.60. The number of rotatable bonds is 7. The monoisotopic (exact) mass is 383 g/mol. The van der Waals surface area contributed by atoms with E-state index in [1.807, 2.05) is 18.2 Å². The van der Waals surface area contributed by atoms with Crippen LogP contribution in [-0.2, 0) is 27.2 Å². The summed E-state index contributed by atoms with van der Waals surface area (Å²) in [7, 11) is 0. The van der Waals surface area contributed by atoms with Gasteiger partial charge < -0.3 is 10.1 Å². The van der Waals surface area contributed by atoms with E-state index in [0.717, 1.165) is 19.3 Å². The zero-order chi connectivity index (χ0) is 19.2. The van der Waals surface area contributed by atoms with Gasteiger partial charge in [0.05, 0.1) is 11.3 Å². The SMILES string of the molecule is CC(=O)CSc1ccccc1C(=O)OCC(=O)Nc1ccc2c(c1)CCC2. The van der Waals surface area contributed by atoms with Crippen molar-refractivity contribution < 1.29 is 19.1 Å². The van der Waals surface area contributed by atoms with Crippen LogP contribution in [0.2, 0.25) is 0 Å². The molecule has 0 aliphatic heterocycles. The van der Waals surface area contributed by atoms with E-state index >= 15 is 0 Å². The summed E-state index contributed by atoms with van der Waals surface area (Å²) in [5.74, 6) is -0.652. The first kappa shape index (κ1) is 19.2. The first-order valence-electron chi connectivity index (χ1n) is 8.83. The summed E-state index contributed by atoms with van der Waals surface area (Å²) < 4.78 is 5.15. The van der Waals surface area contributed by atoms with Gasteiger partial charge >= 0.3 is 5.97 Å². The molecule has 5 nitrogen and oxygen atoms in total. The number of carbonyl (C=O) groups excluding carboxylic acids is 3. The molecule has 0 saturated carbocycles. The highest BCUT2D eigenvalue weighted by Gasteiger charge is 2.16. The van der Waals surface area contributed by atoms with Crippen LogP contribution in [0.3, 0.4) is 0 Å². The van der Waals surface area contributed by atoms with Gasteiger partial charge in [-0.05, 0) is 61.6 Å².